The molecule has 3 rings (SSSR count). The number of unbranched alkanes of at least 4 members (excludes halogenated alkanes) is 1. The Kier molecular flexibility index (Phi) is 12.5. The summed E-state index contributed by atoms with van der Waals surface area (Å²) < 4.78 is 11.9. The number of oxime groups is 1. The first-order valence-corrected chi connectivity index (χ1v) is 14.6. The predicted molar refractivity (Wildman–Crippen MR) is 155 cm³/mol. The number of piperidine rings is 1. The molecule has 39 heavy (non-hydrogen) atoms. The van der Waals surface area contributed by atoms with Gasteiger partial charge in [0.15, 0.2) is 6.61 Å². The number of hydrogen-bond acceptors (Lipinski definition) is 6. The van der Waals surface area contributed by atoms with Gasteiger partial charge in [0.2, 0.25) is 0 Å². The monoisotopic (exact) mass is 558 g/mol. The van der Waals surface area contributed by atoms with E-state index in [0.29, 0.717) is 41.3 Å². The second-order valence-electron chi connectivity index (χ2n) is 10.4. The fraction of sp³-hybridized carbons (Fsp3) is 0.581. The number of carbonyl (C=O) groups is 2. The summed E-state index contributed by atoms with van der Waals surface area (Å²) in [4.78, 5) is 33.3. The zero-order valence-corrected chi connectivity index (χ0v) is 24.6. The van der Waals surface area contributed by atoms with Crippen molar-refractivity contribution in [1.29, 1.82) is 0 Å². The molecule has 0 radical (unpaired) electrons. The van der Waals surface area contributed by atoms with Gasteiger partial charge >= 0.3 is 5.97 Å². The van der Waals surface area contributed by atoms with Gasteiger partial charge in [-0.3, -0.25) is 4.79 Å². The van der Waals surface area contributed by atoms with E-state index < -0.39 is 5.97 Å². The number of likely N-dealkylation sites (tertiary alicyclic amines) is 1. The predicted octanol–water partition coefficient (Wildman–Crippen LogP) is 6.52. The number of carbonyl (C=O) groups excluding carboxylic acids is 2. The van der Waals surface area contributed by atoms with E-state index in [1.165, 1.54) is 0 Å². The molecule has 8 heteroatoms. The lowest BCUT2D eigenvalue weighted by Crippen LogP contribution is -2.37. The third kappa shape index (κ3) is 9.50. The highest BCUT2D eigenvalue weighted by Crippen LogP contribution is 2.30. The number of rotatable bonds is 7. The van der Waals surface area contributed by atoms with Crippen molar-refractivity contribution in [3.8, 4) is 0 Å². The third-order valence-electron chi connectivity index (χ3n) is 7.02. The molecule has 2 atom stereocenters. The lowest BCUT2D eigenvalue weighted by molar-refractivity contribution is -0.137. The van der Waals surface area contributed by atoms with Gasteiger partial charge in [-0.15, -0.1) is 0 Å². The number of hydrogen-bond donors (Lipinski definition) is 0. The number of nitrogens with zero attached hydrogens (tertiary/aromatic N) is 2. The van der Waals surface area contributed by atoms with E-state index in [1.54, 1.807) is 0 Å². The Morgan fingerprint density at radius 2 is 1.92 bits per heavy atom. The molecule has 7 nitrogen and oxygen atoms in total. The van der Waals surface area contributed by atoms with Crippen LogP contribution in [0.3, 0.4) is 0 Å². The number of amides is 1. The molecular weight excluding hydrogens is 516 g/mol. The number of aryl methyl sites for hydroxylation is 2. The summed E-state index contributed by atoms with van der Waals surface area (Å²) in [7, 11) is 0. The van der Waals surface area contributed by atoms with Crippen molar-refractivity contribution in [1.82, 2.24) is 4.90 Å². The van der Waals surface area contributed by atoms with E-state index >= 15 is 0 Å². The molecule has 1 aromatic carbocycles. The zero-order chi connectivity index (χ0) is 28.2. The lowest BCUT2D eigenvalue weighted by atomic mass is 9.94. The first kappa shape index (κ1) is 30.9. The highest BCUT2D eigenvalue weighted by molar-refractivity contribution is 6.33. The molecule has 0 N–H and O–H groups in total. The smallest absolute Gasteiger partial charge is 0.339 e. The molecule has 1 aromatic rings. The first-order valence-electron chi connectivity index (χ1n) is 14.2. The Bertz CT molecular complexity index is 1080. The molecule has 0 spiro atoms. The Morgan fingerprint density at radius 1 is 1.15 bits per heavy atom. The largest absolute Gasteiger partial charge is 0.459 e. The second-order valence-corrected chi connectivity index (χ2v) is 10.8. The molecule has 2 aliphatic rings. The average molecular weight is 559 g/mol. The molecule has 2 aliphatic heterocycles. The van der Waals surface area contributed by atoms with Crippen molar-refractivity contribution in [3.63, 3.8) is 0 Å². The normalized spacial score (nSPS) is 22.6. The highest BCUT2D eigenvalue weighted by Gasteiger charge is 2.23. The van der Waals surface area contributed by atoms with Crippen LogP contribution in [0.5, 0.6) is 0 Å². The maximum Gasteiger partial charge on any atom is 0.339 e. The van der Waals surface area contributed by atoms with Crippen LogP contribution in [-0.4, -0.2) is 61.0 Å². The number of benzene rings is 1. The van der Waals surface area contributed by atoms with Gasteiger partial charge in [0.05, 0.1) is 17.4 Å². The molecule has 0 bridgehead atoms. The minimum Gasteiger partial charge on any atom is -0.459 e. The van der Waals surface area contributed by atoms with Crippen LogP contribution in [0, 0.1) is 13.8 Å². The van der Waals surface area contributed by atoms with Gasteiger partial charge in [-0.05, 0) is 75.6 Å². The SMILES string of the molecule is CCCCOC1C=CC[C@@H](C)OC(=O)c2c(C)cc(C)c(Cl)c2CC(=N\OCC(=O)N2CCCCC2)/C=C/C1. The molecule has 2 heterocycles. The van der Waals surface area contributed by atoms with E-state index in [1.807, 2.05) is 56.0 Å². The molecule has 1 unspecified atom stereocenters. The summed E-state index contributed by atoms with van der Waals surface area (Å²) in [5.74, 6) is -0.483. The van der Waals surface area contributed by atoms with E-state index in [2.05, 4.69) is 12.1 Å². The lowest BCUT2D eigenvalue weighted by Gasteiger charge is -2.26. The Hall–Kier alpha value is -2.64. The Labute approximate surface area is 238 Å². The minimum atomic E-state index is -0.414. The van der Waals surface area contributed by atoms with Crippen LogP contribution in [0.4, 0.5) is 0 Å². The van der Waals surface area contributed by atoms with Crippen molar-refractivity contribution in [2.24, 2.45) is 5.16 Å². The van der Waals surface area contributed by atoms with Crippen LogP contribution in [0.2, 0.25) is 5.02 Å². The summed E-state index contributed by atoms with van der Waals surface area (Å²) >= 11 is 6.76. The van der Waals surface area contributed by atoms with Crippen molar-refractivity contribution < 1.29 is 23.9 Å². The summed E-state index contributed by atoms with van der Waals surface area (Å²) in [5, 5.41) is 4.84. The zero-order valence-electron chi connectivity index (χ0n) is 23.8. The standard InChI is InChI=1S/C31H43ClN2O5/c1-5-6-18-37-26-14-10-12-24(4)39-31(36)29-22(2)19-23(3)30(32)27(29)20-25(13-11-15-26)33-38-21-28(35)34-16-8-7-9-17-34/h10-11,13-14,19,24,26H,5-9,12,15-18,20-21H2,1-4H3/b13-11+,14-10?,33-25-/t24-,26?/m1/s1. The van der Waals surface area contributed by atoms with Gasteiger partial charge < -0.3 is 19.2 Å². The van der Waals surface area contributed by atoms with Crippen molar-refractivity contribution >= 4 is 29.2 Å². The topological polar surface area (TPSA) is 77.4 Å². The number of fused-ring (bicyclic) bond motifs is 1. The average Bonchev–Trinajstić information content (AvgIpc) is 2.91. The van der Waals surface area contributed by atoms with Gasteiger partial charge in [-0.25, -0.2) is 4.79 Å². The maximum atomic E-state index is 13.3. The van der Waals surface area contributed by atoms with Crippen molar-refractivity contribution in [2.45, 2.75) is 91.3 Å². The number of ether oxygens (including phenoxy) is 2. The van der Waals surface area contributed by atoms with Crippen molar-refractivity contribution in [2.75, 3.05) is 26.3 Å². The molecule has 1 fully saturated rings. The molecule has 214 valence electrons. The number of halogens is 1. The van der Waals surface area contributed by atoms with E-state index in [9.17, 15) is 9.59 Å². The first-order chi connectivity index (χ1) is 18.8. The van der Waals surface area contributed by atoms with E-state index in [4.69, 9.17) is 25.9 Å². The number of cyclic esters (lactones) is 1. The van der Waals surface area contributed by atoms with Gasteiger partial charge in [-0.1, -0.05) is 54.4 Å². The van der Waals surface area contributed by atoms with Crippen molar-refractivity contribution in [3.05, 3.63) is 57.6 Å². The van der Waals surface area contributed by atoms with Crippen LogP contribution in [0.25, 0.3) is 0 Å². The van der Waals surface area contributed by atoms with E-state index in [0.717, 1.165) is 56.3 Å². The highest BCUT2D eigenvalue weighted by atomic mass is 35.5. The number of allylic oxidation sites excluding steroid dienone is 1. The summed E-state index contributed by atoms with van der Waals surface area (Å²) in [6.07, 6.45) is 14.2. The summed E-state index contributed by atoms with van der Waals surface area (Å²) in [5.41, 5.74) is 3.31. The van der Waals surface area contributed by atoms with Gasteiger partial charge in [0.1, 0.15) is 6.10 Å². The molecule has 0 aromatic heterocycles. The minimum absolute atomic E-state index is 0.0684. The molecule has 1 saturated heterocycles. The fourth-order valence-corrected chi connectivity index (χ4v) is 5.05. The molecule has 1 amide bonds. The van der Waals surface area contributed by atoms with Crippen LogP contribution in [0.15, 0.2) is 35.5 Å². The van der Waals surface area contributed by atoms with Gasteiger partial charge in [0.25, 0.3) is 5.91 Å². The second kappa shape index (κ2) is 15.8. The van der Waals surface area contributed by atoms with Crippen LogP contribution in [0.1, 0.15) is 85.8 Å². The van der Waals surface area contributed by atoms with E-state index in [-0.39, 0.29) is 31.1 Å². The molecule has 0 aliphatic carbocycles. The molecule has 0 saturated carbocycles. The Balaban J connectivity index is 1.91. The summed E-state index contributed by atoms with van der Waals surface area (Å²) in [6.45, 7) is 9.87. The summed E-state index contributed by atoms with van der Waals surface area (Å²) in [6, 6.07) is 1.90. The van der Waals surface area contributed by atoms with Gasteiger partial charge in [-0.2, -0.15) is 0 Å². The van der Waals surface area contributed by atoms with Crippen LogP contribution < -0.4 is 0 Å². The van der Waals surface area contributed by atoms with Crippen LogP contribution >= 0.6 is 11.6 Å². The maximum absolute atomic E-state index is 13.3. The number of esters is 1. The fourth-order valence-electron chi connectivity index (χ4n) is 4.84. The Morgan fingerprint density at radius 3 is 2.67 bits per heavy atom. The van der Waals surface area contributed by atoms with Gasteiger partial charge in [0, 0.05) is 37.6 Å². The quantitative estimate of drug-likeness (QED) is 0.165. The molecular formula is C31H43ClN2O5. The van der Waals surface area contributed by atoms with Crippen LogP contribution in [-0.2, 0) is 25.5 Å². The third-order valence-corrected chi connectivity index (χ3v) is 7.54.